The Hall–Kier alpha value is -3.10. The summed E-state index contributed by atoms with van der Waals surface area (Å²) in [4.78, 5) is 15.2. The van der Waals surface area contributed by atoms with Crippen LogP contribution in [0.25, 0.3) is 0 Å². The first-order valence-corrected chi connectivity index (χ1v) is 10.6. The van der Waals surface area contributed by atoms with Gasteiger partial charge in [0.2, 0.25) is 15.9 Å². The summed E-state index contributed by atoms with van der Waals surface area (Å²) in [6, 6.07) is 16.8. The van der Waals surface area contributed by atoms with E-state index < -0.39 is 15.9 Å². The molecule has 0 spiro atoms. The molecule has 0 aliphatic carbocycles. The fourth-order valence-electron chi connectivity index (χ4n) is 2.67. The summed E-state index contributed by atoms with van der Waals surface area (Å²) in [6.07, 6.45) is 3.29. The minimum absolute atomic E-state index is 0. The van der Waals surface area contributed by atoms with Crippen LogP contribution in [0.4, 0.5) is 5.69 Å². The first kappa shape index (κ1) is 23.2. The Labute approximate surface area is 182 Å². The topological polar surface area (TPSA) is 103 Å². The second-order valence-electron chi connectivity index (χ2n) is 6.25. The number of hydrogen-bond acceptors (Lipinski definition) is 5. The van der Waals surface area contributed by atoms with Gasteiger partial charge in [-0.25, -0.2) is 8.42 Å². The molecule has 0 unspecified atom stereocenters. The summed E-state index contributed by atoms with van der Waals surface area (Å²) in [7, 11) is -3.48. The highest BCUT2D eigenvalue weighted by molar-refractivity contribution is 7.92. The van der Waals surface area contributed by atoms with E-state index in [1.807, 2.05) is 6.07 Å². The molecule has 0 fully saturated rings. The molecule has 7 nitrogen and oxygen atoms in total. The van der Waals surface area contributed by atoms with Crippen molar-refractivity contribution < 1.29 is 17.9 Å². The highest BCUT2D eigenvalue weighted by Crippen LogP contribution is 2.27. The van der Waals surface area contributed by atoms with Crippen molar-refractivity contribution >= 4 is 34.0 Å². The first-order chi connectivity index (χ1) is 13.9. The van der Waals surface area contributed by atoms with Crippen LogP contribution in [0.3, 0.4) is 0 Å². The van der Waals surface area contributed by atoms with E-state index in [4.69, 9.17) is 10.5 Å². The molecule has 2 aromatic carbocycles. The monoisotopic (exact) mass is 447 g/mol. The minimum Gasteiger partial charge on any atom is -0.457 e. The standard InChI is InChI=1S/C21H21N3O4S.ClH/c1-2-29(26,27)24(15-16-4-3-13-23-14-16)18-7-11-20(12-8-18)28-19-9-5-17(6-10-19)21(22)25;/h3-14H,2,15H2,1H3,(H2,22,25);1H. The first-order valence-electron chi connectivity index (χ1n) is 8.96. The number of nitrogens with zero attached hydrogens (tertiary/aromatic N) is 2. The Morgan fingerprint density at radius 3 is 2.13 bits per heavy atom. The minimum atomic E-state index is -3.48. The van der Waals surface area contributed by atoms with Gasteiger partial charge in [0, 0.05) is 18.0 Å². The molecular formula is C21H22ClN3O4S. The van der Waals surface area contributed by atoms with E-state index in [1.54, 1.807) is 73.9 Å². The molecule has 0 atom stereocenters. The van der Waals surface area contributed by atoms with Crippen molar-refractivity contribution in [3.63, 3.8) is 0 Å². The van der Waals surface area contributed by atoms with Crippen molar-refractivity contribution in [1.29, 1.82) is 0 Å². The van der Waals surface area contributed by atoms with Crippen LogP contribution in [0.2, 0.25) is 0 Å². The van der Waals surface area contributed by atoms with Crippen LogP contribution < -0.4 is 14.8 Å². The maximum absolute atomic E-state index is 12.6. The average molecular weight is 448 g/mol. The summed E-state index contributed by atoms with van der Waals surface area (Å²) < 4.78 is 32.3. The summed E-state index contributed by atoms with van der Waals surface area (Å²) in [5, 5.41) is 0. The number of benzene rings is 2. The zero-order chi connectivity index (χ0) is 20.9. The molecule has 0 radical (unpaired) electrons. The summed E-state index contributed by atoms with van der Waals surface area (Å²) in [5.41, 5.74) is 6.94. The van der Waals surface area contributed by atoms with E-state index in [2.05, 4.69) is 4.98 Å². The zero-order valence-corrected chi connectivity index (χ0v) is 17.9. The lowest BCUT2D eigenvalue weighted by atomic mass is 10.2. The van der Waals surface area contributed by atoms with Crippen LogP contribution in [0, 0.1) is 0 Å². The number of pyridine rings is 1. The second kappa shape index (κ2) is 10.1. The van der Waals surface area contributed by atoms with Gasteiger partial charge in [0.1, 0.15) is 11.5 Å². The van der Waals surface area contributed by atoms with Gasteiger partial charge in [-0.15, -0.1) is 12.4 Å². The fraction of sp³-hybridized carbons (Fsp3) is 0.143. The smallest absolute Gasteiger partial charge is 0.248 e. The van der Waals surface area contributed by atoms with Crippen molar-refractivity contribution in [3.05, 3.63) is 84.2 Å². The highest BCUT2D eigenvalue weighted by atomic mass is 35.5. The number of rotatable bonds is 8. The number of anilines is 1. The zero-order valence-electron chi connectivity index (χ0n) is 16.3. The number of primary amides is 1. The van der Waals surface area contributed by atoms with Gasteiger partial charge in [-0.3, -0.25) is 14.1 Å². The molecule has 3 rings (SSSR count). The maximum atomic E-state index is 12.6. The Balaban J connectivity index is 0.00000320. The number of amides is 1. The van der Waals surface area contributed by atoms with Crippen LogP contribution in [0.15, 0.2) is 73.1 Å². The highest BCUT2D eigenvalue weighted by Gasteiger charge is 2.21. The van der Waals surface area contributed by atoms with Crippen molar-refractivity contribution in [3.8, 4) is 11.5 Å². The second-order valence-corrected chi connectivity index (χ2v) is 8.44. The molecule has 3 aromatic rings. The van der Waals surface area contributed by atoms with Crippen molar-refractivity contribution in [2.24, 2.45) is 5.73 Å². The molecule has 1 amide bonds. The molecule has 1 aromatic heterocycles. The van der Waals surface area contributed by atoms with Crippen molar-refractivity contribution in [2.75, 3.05) is 10.1 Å². The van der Waals surface area contributed by atoms with Gasteiger partial charge in [-0.1, -0.05) is 6.07 Å². The number of aromatic nitrogens is 1. The largest absolute Gasteiger partial charge is 0.457 e. The normalized spacial score (nSPS) is 10.7. The quantitative estimate of drug-likeness (QED) is 0.566. The lowest BCUT2D eigenvalue weighted by Gasteiger charge is -2.24. The fourth-order valence-corrected chi connectivity index (χ4v) is 3.77. The molecule has 2 N–H and O–H groups in total. The van der Waals surface area contributed by atoms with Crippen LogP contribution in [0.1, 0.15) is 22.8 Å². The predicted molar refractivity (Wildman–Crippen MR) is 119 cm³/mol. The third-order valence-corrected chi connectivity index (χ3v) is 5.99. The molecule has 0 saturated carbocycles. The van der Waals surface area contributed by atoms with Gasteiger partial charge < -0.3 is 10.5 Å². The third-order valence-electron chi connectivity index (χ3n) is 4.25. The SMILES string of the molecule is CCS(=O)(=O)N(Cc1cccnc1)c1ccc(Oc2ccc(C(N)=O)cc2)cc1.Cl. The van der Waals surface area contributed by atoms with E-state index in [0.717, 1.165) is 5.56 Å². The lowest BCUT2D eigenvalue weighted by Crippen LogP contribution is -2.31. The number of ether oxygens (including phenoxy) is 1. The van der Waals surface area contributed by atoms with Gasteiger partial charge in [-0.2, -0.15) is 0 Å². The van der Waals surface area contributed by atoms with Crippen molar-refractivity contribution in [2.45, 2.75) is 13.5 Å². The van der Waals surface area contributed by atoms with Crippen LogP contribution in [-0.4, -0.2) is 25.1 Å². The van der Waals surface area contributed by atoms with Gasteiger partial charge in [-0.05, 0) is 67.1 Å². The molecule has 9 heteroatoms. The van der Waals surface area contributed by atoms with Gasteiger partial charge >= 0.3 is 0 Å². The van der Waals surface area contributed by atoms with Gasteiger partial charge in [0.15, 0.2) is 0 Å². The van der Waals surface area contributed by atoms with Crippen LogP contribution >= 0.6 is 12.4 Å². The Kier molecular flexibility index (Phi) is 7.79. The van der Waals surface area contributed by atoms with Crippen molar-refractivity contribution in [1.82, 2.24) is 4.98 Å². The summed E-state index contributed by atoms with van der Waals surface area (Å²) in [6.45, 7) is 1.80. The maximum Gasteiger partial charge on any atom is 0.248 e. The van der Waals surface area contributed by atoms with E-state index in [-0.39, 0.29) is 24.7 Å². The molecular weight excluding hydrogens is 426 g/mol. The predicted octanol–water partition coefficient (Wildman–Crippen LogP) is 3.75. The number of hydrogen-bond donors (Lipinski definition) is 1. The Morgan fingerprint density at radius 1 is 1.03 bits per heavy atom. The molecule has 158 valence electrons. The molecule has 30 heavy (non-hydrogen) atoms. The Morgan fingerprint density at radius 2 is 1.63 bits per heavy atom. The summed E-state index contributed by atoms with van der Waals surface area (Å²) >= 11 is 0. The molecule has 0 aliphatic rings. The average Bonchev–Trinajstić information content (AvgIpc) is 2.74. The number of nitrogens with two attached hydrogens (primary N) is 1. The van der Waals surface area contributed by atoms with E-state index in [1.165, 1.54) is 4.31 Å². The molecule has 1 heterocycles. The molecule has 0 bridgehead atoms. The Bertz CT molecular complexity index is 1070. The summed E-state index contributed by atoms with van der Waals surface area (Å²) in [5.74, 6) is 0.552. The lowest BCUT2D eigenvalue weighted by molar-refractivity contribution is 0.100. The van der Waals surface area contributed by atoms with Crippen LogP contribution in [0.5, 0.6) is 11.5 Å². The van der Waals surface area contributed by atoms with Gasteiger partial charge in [0.25, 0.3) is 0 Å². The molecule has 0 aliphatic heterocycles. The third kappa shape index (κ3) is 5.71. The number of halogens is 1. The molecule has 0 saturated heterocycles. The van der Waals surface area contributed by atoms with E-state index in [9.17, 15) is 13.2 Å². The number of carbonyl (C=O) groups is 1. The number of carbonyl (C=O) groups excluding carboxylic acids is 1. The van der Waals surface area contributed by atoms with E-state index >= 15 is 0 Å². The van der Waals surface area contributed by atoms with Gasteiger partial charge in [0.05, 0.1) is 18.0 Å². The number of sulfonamides is 1. The van der Waals surface area contributed by atoms with Crippen LogP contribution in [-0.2, 0) is 16.6 Å². The van der Waals surface area contributed by atoms with E-state index in [0.29, 0.717) is 22.7 Å².